The van der Waals surface area contributed by atoms with Crippen LogP contribution in [-0.4, -0.2) is 17.2 Å². The molecule has 0 saturated carbocycles. The first-order valence-electron chi connectivity index (χ1n) is 7.07. The van der Waals surface area contributed by atoms with E-state index in [4.69, 9.17) is 16.3 Å². The van der Waals surface area contributed by atoms with Gasteiger partial charge in [0.25, 0.3) is 0 Å². The molecule has 4 nitrogen and oxygen atoms in total. The topological polar surface area (TPSA) is 58.6 Å². The maximum Gasteiger partial charge on any atom is 0.407 e. The van der Waals surface area contributed by atoms with E-state index < -0.39 is 24.1 Å². The number of ether oxygens (including phenoxy) is 1. The monoisotopic (exact) mass is 337 g/mol. The molecule has 122 valence electrons. The molecule has 0 saturated heterocycles. The van der Waals surface area contributed by atoms with Gasteiger partial charge in [0, 0.05) is 5.02 Å². The third kappa shape index (κ3) is 5.23. The third-order valence-electron chi connectivity index (χ3n) is 3.26. The highest BCUT2D eigenvalue weighted by atomic mass is 35.5. The number of carbonyl (C=O) groups is 1. The summed E-state index contributed by atoms with van der Waals surface area (Å²) in [5.41, 5.74) is 1.14. The predicted octanol–water partition coefficient (Wildman–Crippen LogP) is 3.83. The molecule has 0 heterocycles. The van der Waals surface area contributed by atoms with E-state index in [2.05, 4.69) is 5.32 Å². The van der Waals surface area contributed by atoms with Gasteiger partial charge in [0.2, 0.25) is 0 Å². The number of halogens is 2. The van der Waals surface area contributed by atoms with Gasteiger partial charge >= 0.3 is 6.09 Å². The number of amides is 1. The molecule has 2 atom stereocenters. The van der Waals surface area contributed by atoms with E-state index in [1.54, 1.807) is 6.92 Å². The second-order valence-corrected chi connectivity index (χ2v) is 5.58. The van der Waals surface area contributed by atoms with Crippen molar-refractivity contribution in [3.63, 3.8) is 0 Å². The lowest BCUT2D eigenvalue weighted by atomic mass is 10.0. The van der Waals surface area contributed by atoms with Crippen LogP contribution in [0.2, 0.25) is 5.02 Å². The Morgan fingerprint density at radius 2 is 2.00 bits per heavy atom. The second kappa shape index (κ2) is 7.94. The molecule has 2 aromatic carbocycles. The van der Waals surface area contributed by atoms with Gasteiger partial charge in [-0.25, -0.2) is 9.18 Å². The Balaban J connectivity index is 1.89. The van der Waals surface area contributed by atoms with Gasteiger partial charge in [0.1, 0.15) is 12.4 Å². The number of rotatable bonds is 5. The number of aliphatic hydroxyl groups is 1. The van der Waals surface area contributed by atoms with Crippen molar-refractivity contribution in [1.82, 2.24) is 5.32 Å². The van der Waals surface area contributed by atoms with Crippen LogP contribution in [0.3, 0.4) is 0 Å². The van der Waals surface area contributed by atoms with Crippen molar-refractivity contribution >= 4 is 17.7 Å². The Labute approximate surface area is 138 Å². The van der Waals surface area contributed by atoms with Crippen LogP contribution in [-0.2, 0) is 11.3 Å². The molecule has 0 aliphatic rings. The number of carbonyl (C=O) groups excluding carboxylic acids is 1. The minimum absolute atomic E-state index is 0.126. The first-order chi connectivity index (χ1) is 11.0. The van der Waals surface area contributed by atoms with Crippen LogP contribution < -0.4 is 5.32 Å². The van der Waals surface area contributed by atoms with E-state index >= 15 is 0 Å². The van der Waals surface area contributed by atoms with E-state index in [0.717, 1.165) is 11.6 Å². The minimum atomic E-state index is -1.10. The zero-order valence-corrected chi connectivity index (χ0v) is 13.3. The van der Waals surface area contributed by atoms with Crippen LogP contribution in [0.1, 0.15) is 24.2 Å². The molecule has 0 aromatic heterocycles. The summed E-state index contributed by atoms with van der Waals surface area (Å²) in [5.74, 6) is -0.551. The van der Waals surface area contributed by atoms with Crippen molar-refractivity contribution in [2.45, 2.75) is 25.7 Å². The summed E-state index contributed by atoms with van der Waals surface area (Å²) in [7, 11) is 0. The fourth-order valence-electron chi connectivity index (χ4n) is 2.06. The number of hydrogen-bond donors (Lipinski definition) is 2. The molecule has 0 aliphatic carbocycles. The number of nitrogens with one attached hydrogen (secondary N) is 1. The highest BCUT2D eigenvalue weighted by Crippen LogP contribution is 2.22. The van der Waals surface area contributed by atoms with Crippen molar-refractivity contribution in [2.24, 2.45) is 0 Å². The van der Waals surface area contributed by atoms with E-state index in [9.17, 15) is 14.3 Å². The maximum absolute atomic E-state index is 13.3. The quantitative estimate of drug-likeness (QED) is 0.871. The van der Waals surface area contributed by atoms with Gasteiger partial charge in [-0.05, 0) is 36.2 Å². The van der Waals surface area contributed by atoms with Crippen LogP contribution in [0.4, 0.5) is 9.18 Å². The van der Waals surface area contributed by atoms with Crippen LogP contribution in [0.5, 0.6) is 0 Å². The molecule has 2 aromatic rings. The van der Waals surface area contributed by atoms with Gasteiger partial charge in [0.05, 0.1) is 12.1 Å². The van der Waals surface area contributed by atoms with Gasteiger partial charge in [-0.1, -0.05) is 41.9 Å². The maximum atomic E-state index is 13.3. The molecule has 2 N–H and O–H groups in total. The molecule has 0 bridgehead atoms. The fourth-order valence-corrected chi connectivity index (χ4v) is 2.29. The molecular formula is C17H17ClFNO3. The standard InChI is InChI=1S/C17H17ClFNO3/c1-11(16(21)13-7-14(18)9-15(19)8-13)20-17(22)23-10-12-5-3-2-4-6-12/h2-9,11,16,21H,10H2,1H3,(H,20,22). The van der Waals surface area contributed by atoms with Gasteiger partial charge in [0.15, 0.2) is 0 Å². The lowest BCUT2D eigenvalue weighted by molar-refractivity contribution is 0.106. The molecular weight excluding hydrogens is 321 g/mol. The largest absolute Gasteiger partial charge is 0.445 e. The van der Waals surface area contributed by atoms with Crippen LogP contribution >= 0.6 is 11.6 Å². The number of benzene rings is 2. The van der Waals surface area contributed by atoms with Crippen LogP contribution in [0.25, 0.3) is 0 Å². The van der Waals surface area contributed by atoms with E-state index in [1.165, 1.54) is 12.1 Å². The van der Waals surface area contributed by atoms with Crippen LogP contribution in [0, 0.1) is 5.82 Å². The summed E-state index contributed by atoms with van der Waals surface area (Å²) in [5, 5.41) is 12.9. The summed E-state index contributed by atoms with van der Waals surface area (Å²) in [6.07, 6.45) is -1.77. The number of aliphatic hydroxyl groups excluding tert-OH is 1. The summed E-state index contributed by atoms with van der Waals surface area (Å²) in [6.45, 7) is 1.72. The molecule has 0 radical (unpaired) electrons. The smallest absolute Gasteiger partial charge is 0.407 e. The first kappa shape index (κ1) is 17.2. The van der Waals surface area contributed by atoms with Gasteiger partial charge < -0.3 is 15.2 Å². The molecule has 23 heavy (non-hydrogen) atoms. The zero-order valence-electron chi connectivity index (χ0n) is 12.5. The highest BCUT2D eigenvalue weighted by Gasteiger charge is 2.20. The minimum Gasteiger partial charge on any atom is -0.445 e. The average molecular weight is 338 g/mol. The van der Waals surface area contributed by atoms with E-state index in [-0.39, 0.29) is 17.2 Å². The van der Waals surface area contributed by atoms with Crippen molar-refractivity contribution in [1.29, 1.82) is 0 Å². The number of hydrogen-bond acceptors (Lipinski definition) is 3. The predicted molar refractivity (Wildman–Crippen MR) is 85.6 cm³/mol. The molecule has 6 heteroatoms. The summed E-state index contributed by atoms with van der Waals surface area (Å²) in [4.78, 5) is 11.8. The Hall–Kier alpha value is -2.11. The normalized spacial score (nSPS) is 13.2. The third-order valence-corrected chi connectivity index (χ3v) is 3.48. The van der Waals surface area contributed by atoms with Gasteiger partial charge in [-0.2, -0.15) is 0 Å². The number of alkyl carbamates (subject to hydrolysis) is 1. The van der Waals surface area contributed by atoms with Crippen molar-refractivity contribution in [3.05, 3.63) is 70.5 Å². The van der Waals surface area contributed by atoms with Crippen molar-refractivity contribution in [3.8, 4) is 0 Å². The summed E-state index contributed by atoms with van der Waals surface area (Å²) in [6, 6.07) is 12.3. The Kier molecular flexibility index (Phi) is 5.96. The first-order valence-corrected chi connectivity index (χ1v) is 7.45. The fraction of sp³-hybridized carbons (Fsp3) is 0.235. The zero-order chi connectivity index (χ0) is 16.8. The average Bonchev–Trinajstić information content (AvgIpc) is 2.52. The van der Waals surface area contributed by atoms with Crippen LogP contribution in [0.15, 0.2) is 48.5 Å². The Morgan fingerprint density at radius 3 is 2.65 bits per heavy atom. The molecule has 0 fully saturated rings. The lowest BCUT2D eigenvalue weighted by Crippen LogP contribution is -2.37. The molecule has 0 aliphatic heterocycles. The summed E-state index contributed by atoms with van der Waals surface area (Å²) < 4.78 is 18.4. The summed E-state index contributed by atoms with van der Waals surface area (Å²) >= 11 is 5.76. The lowest BCUT2D eigenvalue weighted by Gasteiger charge is -2.20. The second-order valence-electron chi connectivity index (χ2n) is 5.14. The van der Waals surface area contributed by atoms with Gasteiger partial charge in [-0.3, -0.25) is 0 Å². The van der Waals surface area contributed by atoms with Crippen molar-refractivity contribution in [2.75, 3.05) is 0 Å². The Morgan fingerprint density at radius 1 is 1.30 bits per heavy atom. The molecule has 1 amide bonds. The van der Waals surface area contributed by atoms with E-state index in [1.807, 2.05) is 30.3 Å². The molecule has 0 spiro atoms. The highest BCUT2D eigenvalue weighted by molar-refractivity contribution is 6.30. The van der Waals surface area contributed by atoms with E-state index in [0.29, 0.717) is 0 Å². The molecule has 2 rings (SSSR count). The van der Waals surface area contributed by atoms with Gasteiger partial charge in [-0.15, -0.1) is 0 Å². The molecule has 2 unspecified atom stereocenters. The van der Waals surface area contributed by atoms with Crippen molar-refractivity contribution < 1.29 is 19.0 Å². The Bertz CT molecular complexity index is 646. The SMILES string of the molecule is CC(NC(=O)OCc1ccccc1)C(O)c1cc(F)cc(Cl)c1.